The Kier molecular flexibility index (Phi) is 3.93. The van der Waals surface area contributed by atoms with E-state index < -0.39 is 0 Å². The van der Waals surface area contributed by atoms with Gasteiger partial charge in [-0.3, -0.25) is 4.79 Å². The lowest BCUT2D eigenvalue weighted by atomic mass is 10.0. The first-order valence-corrected chi connectivity index (χ1v) is 8.19. The summed E-state index contributed by atoms with van der Waals surface area (Å²) < 4.78 is 11.4. The second-order valence-corrected chi connectivity index (χ2v) is 6.30. The Hall–Kier alpha value is -2.41. The summed E-state index contributed by atoms with van der Waals surface area (Å²) in [5.74, 6) is 0.664. The van der Waals surface area contributed by atoms with Crippen molar-refractivity contribution in [1.29, 1.82) is 0 Å². The molecule has 0 spiro atoms. The third-order valence-electron chi connectivity index (χ3n) is 4.61. The van der Waals surface area contributed by atoms with Crippen molar-refractivity contribution in [2.45, 2.75) is 31.0 Å². The van der Waals surface area contributed by atoms with Gasteiger partial charge in [0.05, 0.1) is 35.6 Å². The van der Waals surface area contributed by atoms with E-state index in [1.807, 2.05) is 29.2 Å². The molecular weight excluding hydrogens is 308 g/mol. The van der Waals surface area contributed by atoms with Crippen molar-refractivity contribution in [3.8, 4) is 5.75 Å². The van der Waals surface area contributed by atoms with Crippen LogP contribution in [0.1, 0.15) is 34.8 Å². The Morgan fingerprint density at radius 2 is 2.12 bits per heavy atom. The van der Waals surface area contributed by atoms with Crippen molar-refractivity contribution >= 4 is 5.91 Å². The zero-order chi connectivity index (χ0) is 16.5. The second kappa shape index (κ2) is 6.24. The molecule has 24 heavy (non-hydrogen) atoms. The molecule has 1 aliphatic heterocycles. The van der Waals surface area contributed by atoms with E-state index in [-0.39, 0.29) is 24.0 Å². The number of hydrogen-bond acceptors (Lipinski definition) is 5. The molecule has 2 fully saturated rings. The molecule has 0 unspecified atom stereocenters. The van der Waals surface area contributed by atoms with Gasteiger partial charge in [-0.25, -0.2) is 0 Å². The summed E-state index contributed by atoms with van der Waals surface area (Å²) in [4.78, 5) is 14.8. The largest absolute Gasteiger partial charge is 0.490 e. The van der Waals surface area contributed by atoms with Gasteiger partial charge in [-0.05, 0) is 25.0 Å². The number of nitrogens with zero attached hydrogens (tertiary/aromatic N) is 3. The first-order valence-electron chi connectivity index (χ1n) is 8.19. The Morgan fingerprint density at radius 3 is 2.83 bits per heavy atom. The number of rotatable bonds is 5. The fourth-order valence-electron chi connectivity index (χ4n) is 3.13. The van der Waals surface area contributed by atoms with Crippen molar-refractivity contribution in [2.75, 3.05) is 20.2 Å². The van der Waals surface area contributed by atoms with Gasteiger partial charge in [0, 0.05) is 20.2 Å². The monoisotopic (exact) mass is 328 g/mol. The standard InChI is InChI=1S/C17H20N4O3/c1-23-16-10-21(9-13(16)14-8-18-20-19-14)17(22)12-4-2-3-5-15(12)24-11-6-7-11/h2-5,8,11,13,16H,6-7,9-10H2,1H3,(H,18,19,20)/t13-,16+/m0/s1. The van der Waals surface area contributed by atoms with Gasteiger partial charge >= 0.3 is 0 Å². The van der Waals surface area contributed by atoms with E-state index in [1.165, 1.54) is 0 Å². The molecule has 2 heterocycles. The van der Waals surface area contributed by atoms with Crippen LogP contribution >= 0.6 is 0 Å². The molecule has 0 radical (unpaired) electrons. The van der Waals surface area contributed by atoms with Crippen LogP contribution in [0.3, 0.4) is 0 Å². The summed E-state index contributed by atoms with van der Waals surface area (Å²) in [6, 6.07) is 7.45. The molecule has 0 bridgehead atoms. The van der Waals surface area contributed by atoms with Crippen molar-refractivity contribution < 1.29 is 14.3 Å². The van der Waals surface area contributed by atoms with E-state index in [4.69, 9.17) is 9.47 Å². The van der Waals surface area contributed by atoms with Gasteiger partial charge in [-0.1, -0.05) is 12.1 Å². The van der Waals surface area contributed by atoms with E-state index in [0.717, 1.165) is 18.5 Å². The van der Waals surface area contributed by atoms with Crippen LogP contribution in [0.15, 0.2) is 30.5 Å². The topological polar surface area (TPSA) is 80.3 Å². The quantitative estimate of drug-likeness (QED) is 0.902. The zero-order valence-corrected chi connectivity index (χ0v) is 13.5. The molecule has 7 heteroatoms. The van der Waals surface area contributed by atoms with Crippen LogP contribution in [0, 0.1) is 0 Å². The van der Waals surface area contributed by atoms with E-state index in [1.54, 1.807) is 13.3 Å². The minimum Gasteiger partial charge on any atom is -0.490 e. The maximum absolute atomic E-state index is 13.0. The molecular formula is C17H20N4O3. The molecule has 126 valence electrons. The van der Waals surface area contributed by atoms with Gasteiger partial charge in [0.25, 0.3) is 5.91 Å². The number of likely N-dealkylation sites (tertiary alicyclic amines) is 1. The predicted molar refractivity (Wildman–Crippen MR) is 85.9 cm³/mol. The lowest BCUT2D eigenvalue weighted by Gasteiger charge is -2.18. The van der Waals surface area contributed by atoms with Crippen LogP contribution < -0.4 is 4.74 Å². The van der Waals surface area contributed by atoms with Gasteiger partial charge < -0.3 is 14.4 Å². The molecule has 2 atom stereocenters. The summed E-state index contributed by atoms with van der Waals surface area (Å²) in [6.45, 7) is 1.09. The van der Waals surface area contributed by atoms with Crippen LogP contribution in [0.5, 0.6) is 5.75 Å². The number of ether oxygens (including phenoxy) is 2. The molecule has 1 aromatic carbocycles. The van der Waals surface area contributed by atoms with Crippen LogP contribution in [0.2, 0.25) is 0 Å². The number of amides is 1. The van der Waals surface area contributed by atoms with Crippen molar-refractivity contribution in [2.24, 2.45) is 0 Å². The molecule has 1 N–H and O–H groups in total. The third-order valence-corrected chi connectivity index (χ3v) is 4.61. The van der Waals surface area contributed by atoms with Gasteiger partial charge in [0.1, 0.15) is 5.75 Å². The van der Waals surface area contributed by atoms with Crippen LogP contribution in [-0.4, -0.2) is 58.6 Å². The molecule has 1 saturated carbocycles. The van der Waals surface area contributed by atoms with E-state index in [0.29, 0.717) is 24.4 Å². The van der Waals surface area contributed by atoms with E-state index in [2.05, 4.69) is 15.4 Å². The summed E-state index contributed by atoms with van der Waals surface area (Å²) in [6.07, 6.45) is 3.98. The molecule has 4 rings (SSSR count). The van der Waals surface area contributed by atoms with Gasteiger partial charge in [-0.15, -0.1) is 0 Å². The van der Waals surface area contributed by atoms with Gasteiger partial charge in [0.15, 0.2) is 0 Å². The minimum atomic E-state index is -0.0874. The lowest BCUT2D eigenvalue weighted by molar-refractivity contribution is 0.0710. The first kappa shape index (κ1) is 15.1. The second-order valence-electron chi connectivity index (χ2n) is 6.30. The third kappa shape index (κ3) is 2.87. The summed E-state index contributed by atoms with van der Waals surface area (Å²) in [5.41, 5.74) is 1.43. The number of carbonyl (C=O) groups is 1. The van der Waals surface area contributed by atoms with Crippen molar-refractivity contribution in [3.05, 3.63) is 41.7 Å². The van der Waals surface area contributed by atoms with E-state index in [9.17, 15) is 4.79 Å². The number of methoxy groups -OCH3 is 1. The number of benzene rings is 1. The fraction of sp³-hybridized carbons (Fsp3) is 0.471. The van der Waals surface area contributed by atoms with E-state index >= 15 is 0 Å². The maximum Gasteiger partial charge on any atom is 0.257 e. The number of para-hydroxylation sites is 1. The Balaban J connectivity index is 1.55. The average molecular weight is 328 g/mol. The number of nitrogens with one attached hydrogen (secondary N) is 1. The highest BCUT2D eigenvalue weighted by Gasteiger charge is 2.39. The number of carbonyl (C=O) groups excluding carboxylic acids is 1. The molecule has 1 aliphatic carbocycles. The SMILES string of the molecule is CO[C@@H]1CN(C(=O)c2ccccc2OC2CC2)C[C@H]1c1cn[nH]n1. The highest BCUT2D eigenvalue weighted by Crippen LogP contribution is 2.32. The smallest absolute Gasteiger partial charge is 0.257 e. The van der Waals surface area contributed by atoms with Gasteiger partial charge in [-0.2, -0.15) is 15.4 Å². The van der Waals surface area contributed by atoms with Crippen molar-refractivity contribution in [3.63, 3.8) is 0 Å². The summed E-state index contributed by atoms with van der Waals surface area (Å²) >= 11 is 0. The lowest BCUT2D eigenvalue weighted by Crippen LogP contribution is -2.30. The summed E-state index contributed by atoms with van der Waals surface area (Å²) in [5, 5.41) is 10.6. The molecule has 1 aromatic heterocycles. The van der Waals surface area contributed by atoms with Crippen molar-refractivity contribution in [1.82, 2.24) is 20.3 Å². The molecule has 2 aromatic rings. The highest BCUT2D eigenvalue weighted by atomic mass is 16.5. The highest BCUT2D eigenvalue weighted by molar-refractivity contribution is 5.97. The Bertz CT molecular complexity index is 714. The van der Waals surface area contributed by atoms with Gasteiger partial charge in [0.2, 0.25) is 0 Å². The summed E-state index contributed by atoms with van der Waals surface area (Å²) in [7, 11) is 1.66. The zero-order valence-electron chi connectivity index (χ0n) is 13.5. The normalized spacial score (nSPS) is 23.5. The minimum absolute atomic E-state index is 0.0224. The Labute approximate surface area is 139 Å². The van der Waals surface area contributed by atoms with Crippen LogP contribution in [0.4, 0.5) is 0 Å². The Morgan fingerprint density at radius 1 is 1.29 bits per heavy atom. The number of aromatic amines is 1. The fourth-order valence-corrected chi connectivity index (χ4v) is 3.13. The van der Waals surface area contributed by atoms with Crippen LogP contribution in [-0.2, 0) is 4.74 Å². The molecule has 1 saturated heterocycles. The molecule has 2 aliphatic rings. The number of H-pyrrole nitrogens is 1. The number of aromatic nitrogens is 3. The average Bonchev–Trinajstić information content (AvgIpc) is 3.11. The molecule has 1 amide bonds. The number of hydrogen-bond donors (Lipinski definition) is 1. The predicted octanol–water partition coefficient (Wildman–Crippen LogP) is 1.60. The first-order chi connectivity index (χ1) is 11.8. The maximum atomic E-state index is 13.0. The molecule has 7 nitrogen and oxygen atoms in total. The van der Waals surface area contributed by atoms with Crippen LogP contribution in [0.25, 0.3) is 0 Å².